The van der Waals surface area contributed by atoms with Gasteiger partial charge in [-0.3, -0.25) is 4.98 Å². The van der Waals surface area contributed by atoms with E-state index in [1.54, 1.807) is 0 Å². The van der Waals surface area contributed by atoms with Crippen molar-refractivity contribution in [2.45, 2.75) is 58.0 Å². The van der Waals surface area contributed by atoms with Crippen LogP contribution in [0.25, 0.3) is 10.9 Å². The molecule has 5 heteroatoms. The third-order valence-corrected chi connectivity index (χ3v) is 5.87. The van der Waals surface area contributed by atoms with E-state index in [2.05, 4.69) is 55.8 Å². The number of hydrogen-bond donors (Lipinski definition) is 0. The number of rotatable bonds is 2. The number of nitrogens with zero attached hydrogens (tertiary/aromatic N) is 5. The zero-order valence-electron chi connectivity index (χ0n) is 15.4. The fraction of sp³-hybridized carbons (Fsp3) is 0.476. The molecule has 134 valence electrons. The monoisotopic (exact) mass is 347 g/mol. The van der Waals surface area contributed by atoms with Gasteiger partial charge in [0.05, 0.1) is 11.6 Å². The molecule has 0 radical (unpaired) electrons. The van der Waals surface area contributed by atoms with Gasteiger partial charge in [0.1, 0.15) is 5.82 Å². The molecule has 5 rings (SSSR count). The molecule has 0 spiro atoms. The lowest BCUT2D eigenvalue weighted by atomic mass is 10.1. The number of benzene rings is 1. The number of aromatic nitrogens is 4. The Kier molecular flexibility index (Phi) is 3.88. The summed E-state index contributed by atoms with van der Waals surface area (Å²) in [4.78, 5) is 7.10. The molecule has 2 aliphatic rings. The Hall–Kier alpha value is -2.43. The lowest BCUT2D eigenvalue weighted by Gasteiger charge is -2.27. The van der Waals surface area contributed by atoms with Crippen LogP contribution in [0.4, 0.5) is 5.69 Å². The first kappa shape index (κ1) is 15.8. The molecule has 1 saturated heterocycles. The fourth-order valence-electron chi connectivity index (χ4n) is 4.57. The average molecular weight is 347 g/mol. The van der Waals surface area contributed by atoms with Gasteiger partial charge in [-0.2, -0.15) is 0 Å². The largest absolute Gasteiger partial charge is 0.361 e. The van der Waals surface area contributed by atoms with Crippen molar-refractivity contribution >= 4 is 16.6 Å². The minimum absolute atomic E-state index is 0.320. The van der Waals surface area contributed by atoms with Gasteiger partial charge in [0.25, 0.3) is 0 Å². The molecule has 5 nitrogen and oxygen atoms in total. The standard InChI is InChI=1S/C21H25N5/c1-15-8-9-17-16(14-15)18(10-11-22-17)25-13-5-6-19(25)21-24-23-20-7-3-2-4-12-26(20)21/h8-11,14,19H,2-7,12-13H2,1H3. The van der Waals surface area contributed by atoms with Gasteiger partial charge in [-0.25, -0.2) is 0 Å². The smallest absolute Gasteiger partial charge is 0.155 e. The molecular formula is C21H25N5. The summed E-state index contributed by atoms with van der Waals surface area (Å²) in [5.74, 6) is 2.34. The molecule has 3 aromatic rings. The maximum Gasteiger partial charge on any atom is 0.155 e. The van der Waals surface area contributed by atoms with Gasteiger partial charge in [0, 0.05) is 36.8 Å². The van der Waals surface area contributed by atoms with Gasteiger partial charge >= 0.3 is 0 Å². The van der Waals surface area contributed by atoms with Crippen LogP contribution in [0.1, 0.15) is 55.4 Å². The Balaban J connectivity index is 1.58. The normalized spacial score (nSPS) is 20.3. The fourth-order valence-corrected chi connectivity index (χ4v) is 4.57. The van der Waals surface area contributed by atoms with Crippen molar-refractivity contribution in [1.29, 1.82) is 0 Å². The Labute approximate surface area is 154 Å². The van der Waals surface area contributed by atoms with Gasteiger partial charge in [0.2, 0.25) is 0 Å². The van der Waals surface area contributed by atoms with Crippen LogP contribution < -0.4 is 4.90 Å². The van der Waals surface area contributed by atoms with E-state index in [1.807, 2.05) is 6.20 Å². The topological polar surface area (TPSA) is 46.8 Å². The van der Waals surface area contributed by atoms with Crippen LogP contribution in [0, 0.1) is 6.92 Å². The third kappa shape index (κ3) is 2.57. The zero-order chi connectivity index (χ0) is 17.5. The van der Waals surface area contributed by atoms with E-state index < -0.39 is 0 Å². The molecular weight excluding hydrogens is 322 g/mol. The van der Waals surface area contributed by atoms with Crippen molar-refractivity contribution in [3.8, 4) is 0 Å². The summed E-state index contributed by atoms with van der Waals surface area (Å²) in [7, 11) is 0. The van der Waals surface area contributed by atoms with Crippen LogP contribution in [0.2, 0.25) is 0 Å². The molecule has 2 aromatic heterocycles. The highest BCUT2D eigenvalue weighted by atomic mass is 15.3. The lowest BCUT2D eigenvalue weighted by molar-refractivity contribution is 0.560. The summed E-state index contributed by atoms with van der Waals surface area (Å²) >= 11 is 0. The summed E-state index contributed by atoms with van der Waals surface area (Å²) in [5, 5.41) is 10.4. The minimum atomic E-state index is 0.320. The van der Waals surface area contributed by atoms with Crippen LogP contribution in [0.15, 0.2) is 30.5 Å². The molecule has 0 saturated carbocycles. The van der Waals surface area contributed by atoms with Crippen LogP contribution in [-0.4, -0.2) is 26.3 Å². The van der Waals surface area contributed by atoms with Crippen LogP contribution in [0.5, 0.6) is 0 Å². The van der Waals surface area contributed by atoms with Crippen molar-refractivity contribution in [2.75, 3.05) is 11.4 Å². The highest BCUT2D eigenvalue weighted by Crippen LogP contribution is 2.39. The minimum Gasteiger partial charge on any atom is -0.361 e. The highest BCUT2D eigenvalue weighted by molar-refractivity contribution is 5.92. The molecule has 26 heavy (non-hydrogen) atoms. The van der Waals surface area contributed by atoms with Crippen LogP contribution in [-0.2, 0) is 13.0 Å². The van der Waals surface area contributed by atoms with E-state index in [0.717, 1.165) is 37.3 Å². The van der Waals surface area contributed by atoms with Crippen molar-refractivity contribution in [3.05, 3.63) is 47.7 Å². The van der Waals surface area contributed by atoms with Crippen LogP contribution in [0.3, 0.4) is 0 Å². The summed E-state index contributed by atoms with van der Waals surface area (Å²) in [6.45, 7) is 4.29. The Morgan fingerprint density at radius 3 is 2.92 bits per heavy atom. The molecule has 4 heterocycles. The quantitative estimate of drug-likeness (QED) is 0.697. The lowest BCUT2D eigenvalue weighted by Crippen LogP contribution is -2.26. The van der Waals surface area contributed by atoms with Crippen molar-refractivity contribution in [2.24, 2.45) is 0 Å². The summed E-state index contributed by atoms with van der Waals surface area (Å²) in [5.41, 5.74) is 3.63. The van der Waals surface area contributed by atoms with E-state index in [4.69, 9.17) is 0 Å². The van der Waals surface area contributed by atoms with Gasteiger partial charge < -0.3 is 9.47 Å². The maximum atomic E-state index is 4.65. The molecule has 1 aromatic carbocycles. The number of anilines is 1. The Morgan fingerprint density at radius 2 is 1.96 bits per heavy atom. The van der Waals surface area contributed by atoms with E-state index >= 15 is 0 Å². The molecule has 1 unspecified atom stereocenters. The molecule has 1 atom stereocenters. The van der Waals surface area contributed by atoms with E-state index in [9.17, 15) is 0 Å². The second kappa shape index (κ2) is 6.38. The zero-order valence-corrected chi connectivity index (χ0v) is 15.4. The molecule has 0 amide bonds. The van der Waals surface area contributed by atoms with Crippen molar-refractivity contribution in [3.63, 3.8) is 0 Å². The Morgan fingerprint density at radius 1 is 1.00 bits per heavy atom. The SMILES string of the molecule is Cc1ccc2nccc(N3CCCC3c3nnc4n3CCCCC4)c2c1. The van der Waals surface area contributed by atoms with Gasteiger partial charge in [-0.15, -0.1) is 10.2 Å². The molecule has 0 bridgehead atoms. The second-order valence-corrected chi connectivity index (χ2v) is 7.64. The molecule has 0 aliphatic carbocycles. The maximum absolute atomic E-state index is 4.65. The molecule has 1 fully saturated rings. The number of hydrogen-bond acceptors (Lipinski definition) is 4. The number of pyridine rings is 1. The molecule has 0 N–H and O–H groups in total. The first-order valence-corrected chi connectivity index (χ1v) is 9.85. The van der Waals surface area contributed by atoms with Gasteiger partial charge in [0.15, 0.2) is 5.82 Å². The average Bonchev–Trinajstić information content (AvgIpc) is 3.22. The Bertz CT molecular complexity index is 945. The summed E-state index contributed by atoms with van der Waals surface area (Å²) < 4.78 is 2.41. The second-order valence-electron chi connectivity index (χ2n) is 7.64. The van der Waals surface area contributed by atoms with Crippen LogP contribution >= 0.6 is 0 Å². The first-order valence-electron chi connectivity index (χ1n) is 9.85. The summed E-state index contributed by atoms with van der Waals surface area (Å²) in [6.07, 6.45) is 9.12. The number of aryl methyl sites for hydroxylation is 2. The van der Waals surface area contributed by atoms with E-state index in [-0.39, 0.29) is 0 Å². The third-order valence-electron chi connectivity index (χ3n) is 5.87. The first-order chi connectivity index (χ1) is 12.8. The van der Waals surface area contributed by atoms with Gasteiger partial charge in [-0.05, 0) is 50.8 Å². The highest BCUT2D eigenvalue weighted by Gasteiger charge is 2.32. The number of fused-ring (bicyclic) bond motifs is 2. The predicted molar refractivity (Wildman–Crippen MR) is 103 cm³/mol. The summed E-state index contributed by atoms with van der Waals surface area (Å²) in [6, 6.07) is 9.01. The van der Waals surface area contributed by atoms with E-state index in [0.29, 0.717) is 6.04 Å². The van der Waals surface area contributed by atoms with E-state index in [1.165, 1.54) is 48.1 Å². The molecule has 2 aliphatic heterocycles. The predicted octanol–water partition coefficient (Wildman–Crippen LogP) is 4.20. The van der Waals surface area contributed by atoms with Crippen molar-refractivity contribution in [1.82, 2.24) is 19.7 Å². The van der Waals surface area contributed by atoms with Gasteiger partial charge in [-0.1, -0.05) is 18.1 Å². The van der Waals surface area contributed by atoms with Crippen molar-refractivity contribution < 1.29 is 0 Å².